The van der Waals surface area contributed by atoms with Crippen LogP contribution in [0.1, 0.15) is 5.69 Å². The molecule has 16 heavy (non-hydrogen) atoms. The van der Waals surface area contributed by atoms with Crippen molar-refractivity contribution >= 4 is 11.8 Å². The first-order chi connectivity index (χ1) is 7.81. The monoisotopic (exact) mass is 238 g/mol. The first-order valence-corrected chi connectivity index (χ1v) is 6.00. The van der Waals surface area contributed by atoms with Crippen LogP contribution in [0.3, 0.4) is 0 Å². The third kappa shape index (κ3) is 2.45. The highest BCUT2D eigenvalue weighted by atomic mass is 32.2. The van der Waals surface area contributed by atoms with E-state index in [0.29, 0.717) is 0 Å². The van der Waals surface area contributed by atoms with Crippen LogP contribution in [0.4, 0.5) is 0 Å². The molecule has 2 aromatic heterocycles. The van der Waals surface area contributed by atoms with Gasteiger partial charge in [-0.3, -0.25) is 0 Å². The van der Waals surface area contributed by atoms with Gasteiger partial charge in [-0.2, -0.15) is 0 Å². The van der Waals surface area contributed by atoms with Crippen molar-refractivity contribution in [1.29, 1.82) is 0 Å². The Kier molecular flexibility index (Phi) is 3.63. The SMILES string of the molecule is Cn1c(CO)cnc1SCCn1ccnc1. The number of imidazole rings is 2. The summed E-state index contributed by atoms with van der Waals surface area (Å²) < 4.78 is 3.95. The van der Waals surface area contributed by atoms with Crippen LogP contribution in [-0.2, 0) is 20.2 Å². The number of aryl methyl sites for hydroxylation is 1. The molecular formula is C10H14N4OS. The van der Waals surface area contributed by atoms with Gasteiger partial charge in [0.1, 0.15) is 0 Å². The van der Waals surface area contributed by atoms with Gasteiger partial charge in [0, 0.05) is 31.7 Å². The molecule has 0 aliphatic carbocycles. The van der Waals surface area contributed by atoms with E-state index >= 15 is 0 Å². The maximum Gasteiger partial charge on any atom is 0.168 e. The lowest BCUT2D eigenvalue weighted by Gasteiger charge is -2.04. The van der Waals surface area contributed by atoms with Crippen LogP contribution >= 0.6 is 11.8 Å². The first kappa shape index (κ1) is 11.2. The lowest BCUT2D eigenvalue weighted by atomic mass is 10.5. The third-order valence-electron chi connectivity index (χ3n) is 2.34. The average Bonchev–Trinajstić information content (AvgIpc) is 2.90. The van der Waals surface area contributed by atoms with Crippen LogP contribution in [0.25, 0.3) is 0 Å². The van der Waals surface area contributed by atoms with Crippen LogP contribution < -0.4 is 0 Å². The van der Waals surface area contributed by atoms with Crippen molar-refractivity contribution in [2.24, 2.45) is 7.05 Å². The maximum atomic E-state index is 9.02. The van der Waals surface area contributed by atoms with E-state index < -0.39 is 0 Å². The molecule has 86 valence electrons. The summed E-state index contributed by atoms with van der Waals surface area (Å²) in [5.41, 5.74) is 0.838. The number of aromatic nitrogens is 4. The summed E-state index contributed by atoms with van der Waals surface area (Å²) in [4.78, 5) is 8.23. The second kappa shape index (κ2) is 5.18. The third-order valence-corrected chi connectivity index (χ3v) is 3.37. The number of hydrogen-bond donors (Lipinski definition) is 1. The van der Waals surface area contributed by atoms with E-state index in [1.807, 2.05) is 22.4 Å². The van der Waals surface area contributed by atoms with Crippen LogP contribution in [0.15, 0.2) is 30.1 Å². The van der Waals surface area contributed by atoms with Gasteiger partial charge in [0.05, 0.1) is 24.8 Å². The second-order valence-corrected chi connectivity index (χ2v) is 4.46. The van der Waals surface area contributed by atoms with Crippen molar-refractivity contribution in [2.75, 3.05) is 5.75 Å². The molecule has 0 aliphatic heterocycles. The molecule has 0 unspecified atom stereocenters. The van der Waals surface area contributed by atoms with Gasteiger partial charge in [-0.1, -0.05) is 11.8 Å². The quantitative estimate of drug-likeness (QED) is 0.786. The predicted octanol–water partition coefficient (Wildman–Crippen LogP) is 0.901. The Labute approximate surface area is 98.1 Å². The fraction of sp³-hybridized carbons (Fsp3) is 0.400. The normalized spacial score (nSPS) is 10.9. The molecule has 0 saturated heterocycles. The Morgan fingerprint density at radius 3 is 3.00 bits per heavy atom. The number of thioether (sulfide) groups is 1. The number of hydrogen-bond acceptors (Lipinski definition) is 4. The standard InChI is InChI=1S/C10H14N4OS/c1-13-9(7-15)6-12-10(13)16-5-4-14-3-2-11-8-14/h2-3,6,8,15H,4-5,7H2,1H3. The van der Waals surface area contributed by atoms with Crippen molar-refractivity contribution < 1.29 is 5.11 Å². The highest BCUT2D eigenvalue weighted by Crippen LogP contribution is 2.17. The van der Waals surface area contributed by atoms with Gasteiger partial charge in [0.25, 0.3) is 0 Å². The van der Waals surface area contributed by atoms with E-state index in [2.05, 4.69) is 9.97 Å². The van der Waals surface area contributed by atoms with Crippen molar-refractivity contribution in [2.45, 2.75) is 18.3 Å². The molecule has 6 heteroatoms. The molecule has 2 heterocycles. The van der Waals surface area contributed by atoms with Crippen molar-refractivity contribution in [1.82, 2.24) is 19.1 Å². The summed E-state index contributed by atoms with van der Waals surface area (Å²) in [6.07, 6.45) is 7.23. The summed E-state index contributed by atoms with van der Waals surface area (Å²) in [6.45, 7) is 0.942. The van der Waals surface area contributed by atoms with Crippen LogP contribution in [-0.4, -0.2) is 30.0 Å². The molecular weight excluding hydrogens is 224 g/mol. The zero-order valence-corrected chi connectivity index (χ0v) is 9.89. The lowest BCUT2D eigenvalue weighted by Crippen LogP contribution is -2.00. The maximum absolute atomic E-state index is 9.02. The van der Waals surface area contributed by atoms with Gasteiger partial charge < -0.3 is 14.2 Å². The Balaban J connectivity index is 1.87. The molecule has 0 amide bonds. The van der Waals surface area contributed by atoms with Gasteiger partial charge in [-0.05, 0) is 0 Å². The highest BCUT2D eigenvalue weighted by molar-refractivity contribution is 7.99. The van der Waals surface area contributed by atoms with Crippen LogP contribution in [0.5, 0.6) is 0 Å². The molecule has 0 radical (unpaired) electrons. The van der Waals surface area contributed by atoms with E-state index in [1.165, 1.54) is 0 Å². The molecule has 1 N–H and O–H groups in total. The summed E-state index contributed by atoms with van der Waals surface area (Å²) in [5, 5.41) is 9.96. The van der Waals surface area contributed by atoms with Crippen molar-refractivity contribution in [3.05, 3.63) is 30.6 Å². The summed E-state index contributed by atoms with van der Waals surface area (Å²) in [6, 6.07) is 0. The average molecular weight is 238 g/mol. The lowest BCUT2D eigenvalue weighted by molar-refractivity contribution is 0.271. The fourth-order valence-electron chi connectivity index (χ4n) is 1.37. The minimum atomic E-state index is 0.0333. The zero-order chi connectivity index (χ0) is 11.4. The van der Waals surface area contributed by atoms with Crippen molar-refractivity contribution in [3.8, 4) is 0 Å². The largest absolute Gasteiger partial charge is 0.390 e. The minimum Gasteiger partial charge on any atom is -0.390 e. The molecule has 0 aromatic carbocycles. The molecule has 2 rings (SSSR count). The van der Waals surface area contributed by atoms with Crippen LogP contribution in [0, 0.1) is 0 Å². The molecule has 5 nitrogen and oxygen atoms in total. The Morgan fingerprint density at radius 1 is 1.50 bits per heavy atom. The van der Waals surface area contributed by atoms with Crippen molar-refractivity contribution in [3.63, 3.8) is 0 Å². The Bertz CT molecular complexity index is 438. The topological polar surface area (TPSA) is 55.9 Å². The minimum absolute atomic E-state index is 0.0333. The number of aliphatic hydroxyl groups excluding tert-OH is 1. The smallest absolute Gasteiger partial charge is 0.168 e. The van der Waals surface area contributed by atoms with E-state index in [-0.39, 0.29) is 6.61 Å². The summed E-state index contributed by atoms with van der Waals surface area (Å²) >= 11 is 1.67. The predicted molar refractivity (Wildman–Crippen MR) is 62.1 cm³/mol. The molecule has 0 bridgehead atoms. The number of nitrogens with zero attached hydrogens (tertiary/aromatic N) is 4. The van der Waals surface area contributed by atoms with Gasteiger partial charge in [0.15, 0.2) is 5.16 Å². The summed E-state index contributed by atoms with van der Waals surface area (Å²) in [5.74, 6) is 0.937. The molecule has 0 aliphatic rings. The molecule has 0 saturated carbocycles. The van der Waals surface area contributed by atoms with Gasteiger partial charge in [-0.25, -0.2) is 9.97 Å². The number of rotatable bonds is 5. The molecule has 0 atom stereocenters. The van der Waals surface area contributed by atoms with Crippen LogP contribution in [0.2, 0.25) is 0 Å². The molecule has 2 aromatic rings. The Hall–Kier alpha value is -1.27. The van der Waals surface area contributed by atoms with E-state index in [9.17, 15) is 0 Å². The first-order valence-electron chi connectivity index (χ1n) is 5.01. The zero-order valence-electron chi connectivity index (χ0n) is 9.08. The van der Waals surface area contributed by atoms with Gasteiger partial charge >= 0.3 is 0 Å². The highest BCUT2D eigenvalue weighted by Gasteiger charge is 2.05. The van der Waals surface area contributed by atoms with E-state index in [4.69, 9.17) is 5.11 Å². The van der Waals surface area contributed by atoms with E-state index in [0.717, 1.165) is 23.1 Å². The molecule has 0 spiro atoms. The van der Waals surface area contributed by atoms with Gasteiger partial charge in [-0.15, -0.1) is 0 Å². The van der Waals surface area contributed by atoms with E-state index in [1.54, 1.807) is 30.5 Å². The summed E-state index contributed by atoms with van der Waals surface area (Å²) in [7, 11) is 1.91. The number of aliphatic hydroxyl groups is 1. The fourth-order valence-corrected chi connectivity index (χ4v) is 2.29. The van der Waals surface area contributed by atoms with Gasteiger partial charge in [0.2, 0.25) is 0 Å². The second-order valence-electron chi connectivity index (χ2n) is 3.40. The molecule has 0 fully saturated rings. The Morgan fingerprint density at radius 2 is 2.38 bits per heavy atom.